The van der Waals surface area contributed by atoms with Crippen molar-refractivity contribution >= 4 is 38.6 Å². The lowest BCUT2D eigenvalue weighted by Crippen LogP contribution is -2.35. The van der Waals surface area contributed by atoms with Crippen molar-refractivity contribution in [2.45, 2.75) is 31.6 Å². The third-order valence-electron chi connectivity index (χ3n) is 5.42. The van der Waals surface area contributed by atoms with Gasteiger partial charge in [-0.2, -0.15) is 0 Å². The number of amides is 1. The zero-order valence-electron chi connectivity index (χ0n) is 17.6. The van der Waals surface area contributed by atoms with E-state index in [1.54, 1.807) is 43.2 Å². The fourth-order valence-electron chi connectivity index (χ4n) is 3.87. The van der Waals surface area contributed by atoms with Crippen LogP contribution in [0.2, 0.25) is 0 Å². The van der Waals surface area contributed by atoms with Crippen LogP contribution in [0.25, 0.3) is 0 Å². The first-order chi connectivity index (χ1) is 14.8. The zero-order chi connectivity index (χ0) is 22.2. The molecule has 1 amide bonds. The number of fused-ring (bicyclic) bond motifs is 1. The van der Waals surface area contributed by atoms with Crippen LogP contribution < -0.4 is 14.4 Å². The van der Waals surface area contributed by atoms with Crippen LogP contribution in [0.3, 0.4) is 0 Å². The number of ether oxygens (including phenoxy) is 1. The van der Waals surface area contributed by atoms with Gasteiger partial charge >= 0.3 is 0 Å². The zero-order valence-corrected chi connectivity index (χ0v) is 19.3. The average molecular weight is 457 g/mol. The van der Waals surface area contributed by atoms with E-state index in [0.717, 1.165) is 29.7 Å². The molecule has 0 spiro atoms. The third-order valence-corrected chi connectivity index (χ3v) is 7.80. The molecule has 1 N–H and O–H groups in total. The molecule has 0 unspecified atom stereocenters. The van der Waals surface area contributed by atoms with Crippen molar-refractivity contribution in [2.24, 2.45) is 0 Å². The Balaban J connectivity index is 1.67. The van der Waals surface area contributed by atoms with Gasteiger partial charge in [-0.05, 0) is 79.1 Å². The number of sulfonamides is 1. The summed E-state index contributed by atoms with van der Waals surface area (Å²) in [7, 11) is -2.25. The molecule has 3 aromatic rings. The molecule has 1 aromatic heterocycles. The summed E-state index contributed by atoms with van der Waals surface area (Å²) in [6.07, 6.45) is 1.73. The first-order valence-electron chi connectivity index (χ1n) is 9.96. The third kappa shape index (κ3) is 4.18. The van der Waals surface area contributed by atoms with Crippen LogP contribution in [0.5, 0.6) is 5.75 Å². The molecule has 1 aliphatic heterocycles. The minimum Gasteiger partial charge on any atom is -0.496 e. The number of methoxy groups -OCH3 is 1. The van der Waals surface area contributed by atoms with Gasteiger partial charge in [-0.1, -0.05) is 12.1 Å². The van der Waals surface area contributed by atoms with Crippen LogP contribution in [-0.2, 0) is 16.4 Å². The molecular weight excluding hydrogens is 432 g/mol. The normalized spacial score (nSPS) is 13.6. The molecule has 8 heteroatoms. The highest BCUT2D eigenvalue weighted by molar-refractivity contribution is 7.92. The topological polar surface area (TPSA) is 75.7 Å². The van der Waals surface area contributed by atoms with Crippen molar-refractivity contribution in [1.29, 1.82) is 0 Å². The summed E-state index contributed by atoms with van der Waals surface area (Å²) < 4.78 is 34.2. The molecule has 0 bridgehead atoms. The molecule has 0 atom stereocenters. The molecule has 2 heterocycles. The average Bonchev–Trinajstić information content (AvgIpc) is 3.28. The number of carbonyl (C=O) groups is 1. The van der Waals surface area contributed by atoms with Crippen LogP contribution in [-0.4, -0.2) is 28.0 Å². The fourth-order valence-corrected chi connectivity index (χ4v) is 5.90. The minimum absolute atomic E-state index is 0.0578. The summed E-state index contributed by atoms with van der Waals surface area (Å²) in [4.78, 5) is 15.6. The molecule has 2 aromatic carbocycles. The minimum atomic E-state index is -3.81. The SMILES string of the molecule is COc1cc(C)c(S(=O)(=O)Nc2ccc3c(c2)N(C(=O)c2cccs2)CCC3)cc1C. The molecule has 6 nitrogen and oxygen atoms in total. The lowest BCUT2D eigenvalue weighted by molar-refractivity contribution is 0.0989. The van der Waals surface area contributed by atoms with E-state index in [1.165, 1.54) is 11.3 Å². The molecule has 4 rings (SSSR count). The number of thiophene rings is 1. The first-order valence-corrected chi connectivity index (χ1v) is 12.3. The smallest absolute Gasteiger partial charge is 0.268 e. The number of aryl methyl sites for hydroxylation is 3. The van der Waals surface area contributed by atoms with Crippen LogP contribution in [0.4, 0.5) is 11.4 Å². The second kappa shape index (κ2) is 8.36. The highest BCUT2D eigenvalue weighted by atomic mass is 32.2. The number of rotatable bonds is 5. The van der Waals surface area contributed by atoms with Crippen molar-refractivity contribution in [2.75, 3.05) is 23.3 Å². The number of nitrogens with zero attached hydrogens (tertiary/aromatic N) is 1. The van der Waals surface area contributed by atoms with E-state index in [4.69, 9.17) is 4.74 Å². The maximum atomic E-state index is 13.1. The van der Waals surface area contributed by atoms with Gasteiger partial charge < -0.3 is 9.64 Å². The van der Waals surface area contributed by atoms with Crippen molar-refractivity contribution in [1.82, 2.24) is 0 Å². The van der Waals surface area contributed by atoms with E-state index in [1.807, 2.05) is 30.5 Å². The molecule has 0 radical (unpaired) electrons. The van der Waals surface area contributed by atoms with Crippen LogP contribution in [0.1, 0.15) is 32.8 Å². The van der Waals surface area contributed by atoms with E-state index in [2.05, 4.69) is 4.72 Å². The highest BCUT2D eigenvalue weighted by Crippen LogP contribution is 2.33. The van der Waals surface area contributed by atoms with Gasteiger partial charge in [-0.3, -0.25) is 9.52 Å². The monoisotopic (exact) mass is 456 g/mol. The van der Waals surface area contributed by atoms with Crippen LogP contribution in [0.15, 0.2) is 52.7 Å². The number of hydrogen-bond acceptors (Lipinski definition) is 5. The summed E-state index contributed by atoms with van der Waals surface area (Å²) in [5.41, 5.74) is 3.56. The fraction of sp³-hybridized carbons (Fsp3) is 0.261. The molecule has 0 aliphatic carbocycles. The predicted molar refractivity (Wildman–Crippen MR) is 124 cm³/mol. The van der Waals surface area contributed by atoms with Gasteiger partial charge in [0.15, 0.2) is 0 Å². The largest absolute Gasteiger partial charge is 0.496 e. The van der Waals surface area contributed by atoms with Gasteiger partial charge in [0.2, 0.25) is 0 Å². The van der Waals surface area contributed by atoms with Gasteiger partial charge in [0.25, 0.3) is 15.9 Å². The number of anilines is 2. The van der Waals surface area contributed by atoms with Crippen LogP contribution in [0, 0.1) is 13.8 Å². The van der Waals surface area contributed by atoms with Gasteiger partial charge in [0.05, 0.1) is 22.6 Å². The molecule has 162 valence electrons. The summed E-state index contributed by atoms with van der Waals surface area (Å²) in [5.74, 6) is 0.588. The second-order valence-corrected chi connectivity index (χ2v) is 10.2. The molecule has 0 fully saturated rings. The van der Waals surface area contributed by atoms with Crippen LogP contribution >= 0.6 is 11.3 Å². The summed E-state index contributed by atoms with van der Waals surface area (Å²) in [6.45, 7) is 4.16. The Morgan fingerprint density at radius 1 is 1.13 bits per heavy atom. The number of benzene rings is 2. The lowest BCUT2D eigenvalue weighted by Gasteiger charge is -2.29. The predicted octanol–water partition coefficient (Wildman–Crippen LogP) is 4.77. The highest BCUT2D eigenvalue weighted by Gasteiger charge is 2.26. The Kier molecular flexibility index (Phi) is 5.77. The number of nitrogens with one attached hydrogen (secondary N) is 1. The Hall–Kier alpha value is -2.84. The Bertz CT molecular complexity index is 1230. The van der Waals surface area contributed by atoms with Gasteiger partial charge in [0.1, 0.15) is 5.75 Å². The van der Waals surface area contributed by atoms with E-state index in [-0.39, 0.29) is 10.8 Å². The quantitative estimate of drug-likeness (QED) is 0.600. The van der Waals surface area contributed by atoms with Crippen molar-refractivity contribution in [3.05, 3.63) is 69.4 Å². The molecule has 0 saturated carbocycles. The van der Waals surface area contributed by atoms with Gasteiger partial charge in [-0.15, -0.1) is 11.3 Å². The lowest BCUT2D eigenvalue weighted by atomic mass is 10.0. The molecule has 1 aliphatic rings. The summed E-state index contributed by atoms with van der Waals surface area (Å²) in [5, 5.41) is 1.88. The van der Waals surface area contributed by atoms with Crippen molar-refractivity contribution < 1.29 is 17.9 Å². The summed E-state index contributed by atoms with van der Waals surface area (Å²) >= 11 is 1.40. The summed E-state index contributed by atoms with van der Waals surface area (Å²) in [6, 6.07) is 12.4. The van der Waals surface area contributed by atoms with E-state index in [9.17, 15) is 13.2 Å². The number of hydrogen-bond donors (Lipinski definition) is 1. The molecular formula is C23H24N2O4S2. The standard InChI is InChI=1S/C23H24N2O4S2/c1-15-13-22(16(2)12-20(15)29-3)31(27,28)24-18-9-8-17-6-4-10-25(19(17)14-18)23(26)21-7-5-11-30-21/h5,7-9,11-14,24H,4,6,10H2,1-3H3. The van der Waals surface area contributed by atoms with Crippen molar-refractivity contribution in [3.8, 4) is 5.75 Å². The van der Waals surface area contributed by atoms with Crippen molar-refractivity contribution in [3.63, 3.8) is 0 Å². The van der Waals surface area contributed by atoms with E-state index in [0.29, 0.717) is 28.4 Å². The maximum Gasteiger partial charge on any atom is 0.268 e. The first kappa shape index (κ1) is 21.4. The number of carbonyl (C=O) groups excluding carboxylic acids is 1. The Labute approximate surface area is 186 Å². The van der Waals surface area contributed by atoms with E-state index < -0.39 is 10.0 Å². The Morgan fingerprint density at radius 2 is 1.94 bits per heavy atom. The molecule has 31 heavy (non-hydrogen) atoms. The second-order valence-electron chi connectivity index (χ2n) is 7.57. The molecule has 0 saturated heterocycles. The van der Waals surface area contributed by atoms with Gasteiger partial charge in [-0.25, -0.2) is 8.42 Å². The Morgan fingerprint density at radius 3 is 2.65 bits per heavy atom. The van der Waals surface area contributed by atoms with E-state index >= 15 is 0 Å². The van der Waals surface area contributed by atoms with Gasteiger partial charge in [0, 0.05) is 12.2 Å². The maximum absolute atomic E-state index is 13.1.